The van der Waals surface area contributed by atoms with E-state index in [1.807, 2.05) is 67.6 Å². The van der Waals surface area contributed by atoms with E-state index in [4.69, 9.17) is 23.7 Å². The molecule has 1 aliphatic heterocycles. The number of esters is 1. The van der Waals surface area contributed by atoms with Gasteiger partial charge >= 0.3 is 5.97 Å². The molecular formula is C34H34N2O7S. The van der Waals surface area contributed by atoms with Crippen molar-refractivity contribution in [3.8, 4) is 23.0 Å². The number of allylic oxidation sites excluding steroid dienone is 1. The number of para-hydroxylation sites is 1. The molecule has 0 amide bonds. The summed E-state index contributed by atoms with van der Waals surface area (Å²) in [6.07, 6.45) is 1.79. The molecular weight excluding hydrogens is 580 g/mol. The number of methoxy groups -OCH3 is 1. The van der Waals surface area contributed by atoms with E-state index in [0.717, 1.165) is 16.9 Å². The van der Waals surface area contributed by atoms with Crippen molar-refractivity contribution in [3.63, 3.8) is 0 Å². The third kappa shape index (κ3) is 6.70. The predicted octanol–water partition coefficient (Wildman–Crippen LogP) is 4.66. The standard InChI is InChI=1S/C34H34N2O7S/c1-5-40-28-20-23(12-17-27(28)43-19-18-42-26-10-8-7-9-11-26)21-29-32(37)36-31(24-13-15-25(39-4)16-14-24)30(33(38)41-6-2)22(3)35-34(36)44-29/h7-17,20-21,31H,5-6,18-19H2,1-4H3/b29-21-. The molecule has 3 aromatic carbocycles. The van der Waals surface area contributed by atoms with Crippen LogP contribution in [0.3, 0.4) is 0 Å². The van der Waals surface area contributed by atoms with E-state index in [1.54, 1.807) is 43.7 Å². The van der Waals surface area contributed by atoms with Crippen LogP contribution in [0, 0.1) is 0 Å². The average molecular weight is 615 g/mol. The molecule has 0 N–H and O–H groups in total. The number of benzene rings is 3. The highest BCUT2D eigenvalue weighted by Crippen LogP contribution is 2.32. The molecule has 2 heterocycles. The normalized spacial score (nSPS) is 14.5. The average Bonchev–Trinajstić information content (AvgIpc) is 3.34. The van der Waals surface area contributed by atoms with Crippen LogP contribution in [0.15, 0.2) is 93.9 Å². The Labute approximate surface area is 259 Å². The molecule has 44 heavy (non-hydrogen) atoms. The van der Waals surface area contributed by atoms with Crippen molar-refractivity contribution in [2.75, 3.05) is 33.5 Å². The highest BCUT2D eigenvalue weighted by molar-refractivity contribution is 7.07. The SMILES string of the molecule is CCOC(=O)C1=C(C)N=c2s/c(=C\c3ccc(OCCOc4ccccc4)c(OCC)c3)c(=O)n2C1c1ccc(OC)cc1. The van der Waals surface area contributed by atoms with Crippen LogP contribution in [0.4, 0.5) is 0 Å². The lowest BCUT2D eigenvalue weighted by Gasteiger charge is -2.24. The molecule has 1 aromatic heterocycles. The van der Waals surface area contributed by atoms with Gasteiger partial charge in [0.25, 0.3) is 5.56 Å². The van der Waals surface area contributed by atoms with Crippen molar-refractivity contribution in [2.24, 2.45) is 4.99 Å². The van der Waals surface area contributed by atoms with Gasteiger partial charge in [0.1, 0.15) is 24.7 Å². The van der Waals surface area contributed by atoms with E-state index in [-0.39, 0.29) is 12.2 Å². The van der Waals surface area contributed by atoms with Crippen molar-refractivity contribution in [2.45, 2.75) is 26.8 Å². The molecule has 0 saturated carbocycles. The Bertz CT molecular complexity index is 1830. The smallest absolute Gasteiger partial charge is 0.338 e. The molecule has 0 fully saturated rings. The number of hydrogen-bond acceptors (Lipinski definition) is 9. The maximum absolute atomic E-state index is 13.9. The Hall–Kier alpha value is -4.83. The van der Waals surface area contributed by atoms with Crippen LogP contribution < -0.4 is 33.8 Å². The quantitative estimate of drug-likeness (QED) is 0.169. The number of carbonyl (C=O) groups excluding carboxylic acids is 1. The Morgan fingerprint density at radius 2 is 1.66 bits per heavy atom. The summed E-state index contributed by atoms with van der Waals surface area (Å²) in [7, 11) is 1.59. The second-order valence-electron chi connectivity index (χ2n) is 9.72. The van der Waals surface area contributed by atoms with E-state index in [2.05, 4.69) is 4.99 Å². The first-order valence-corrected chi connectivity index (χ1v) is 15.2. The highest BCUT2D eigenvalue weighted by Gasteiger charge is 2.33. The van der Waals surface area contributed by atoms with Gasteiger partial charge in [0.2, 0.25) is 0 Å². The number of ether oxygens (including phenoxy) is 5. The van der Waals surface area contributed by atoms with Crippen LogP contribution in [0.25, 0.3) is 6.08 Å². The number of fused-ring (bicyclic) bond motifs is 1. The van der Waals surface area contributed by atoms with E-state index < -0.39 is 12.0 Å². The molecule has 0 spiro atoms. The maximum Gasteiger partial charge on any atom is 0.338 e. The predicted molar refractivity (Wildman–Crippen MR) is 168 cm³/mol. The number of rotatable bonds is 12. The lowest BCUT2D eigenvalue weighted by Crippen LogP contribution is -2.39. The summed E-state index contributed by atoms with van der Waals surface area (Å²) in [4.78, 5) is 32.2. The minimum Gasteiger partial charge on any atom is -0.497 e. The number of nitrogens with zero attached hydrogens (tertiary/aromatic N) is 2. The number of thiazole rings is 1. The number of hydrogen-bond donors (Lipinski definition) is 0. The molecule has 10 heteroatoms. The van der Waals surface area contributed by atoms with Crippen LogP contribution in [0.5, 0.6) is 23.0 Å². The summed E-state index contributed by atoms with van der Waals surface area (Å²) in [5, 5.41) is 0. The van der Waals surface area contributed by atoms with Gasteiger partial charge in [-0.05, 0) is 74.4 Å². The summed E-state index contributed by atoms with van der Waals surface area (Å²) in [5.74, 6) is 2.08. The second kappa shape index (κ2) is 14.1. The minimum absolute atomic E-state index is 0.206. The number of carbonyl (C=O) groups is 1. The molecule has 1 atom stereocenters. The fourth-order valence-electron chi connectivity index (χ4n) is 4.87. The van der Waals surface area contributed by atoms with E-state index in [9.17, 15) is 9.59 Å². The molecule has 0 aliphatic carbocycles. The van der Waals surface area contributed by atoms with Crippen molar-refractivity contribution in [1.82, 2.24) is 4.57 Å². The summed E-state index contributed by atoms with van der Waals surface area (Å²) in [6, 6.07) is 21.7. The zero-order chi connectivity index (χ0) is 31.1. The van der Waals surface area contributed by atoms with Crippen LogP contribution in [-0.4, -0.2) is 44.1 Å². The van der Waals surface area contributed by atoms with Gasteiger partial charge < -0.3 is 23.7 Å². The van der Waals surface area contributed by atoms with Crippen molar-refractivity contribution in [1.29, 1.82) is 0 Å². The van der Waals surface area contributed by atoms with Crippen LogP contribution in [-0.2, 0) is 9.53 Å². The first kappa shape index (κ1) is 30.6. The maximum atomic E-state index is 13.9. The first-order valence-electron chi connectivity index (χ1n) is 14.3. The van der Waals surface area contributed by atoms with E-state index in [0.29, 0.717) is 57.7 Å². The summed E-state index contributed by atoms with van der Waals surface area (Å²) in [5.41, 5.74) is 2.07. The fourth-order valence-corrected chi connectivity index (χ4v) is 5.92. The topological polar surface area (TPSA) is 97.6 Å². The Kier molecular flexibility index (Phi) is 9.81. The van der Waals surface area contributed by atoms with Gasteiger partial charge in [0.15, 0.2) is 16.3 Å². The van der Waals surface area contributed by atoms with Gasteiger partial charge in [-0.1, -0.05) is 47.7 Å². The van der Waals surface area contributed by atoms with Crippen LogP contribution in [0.1, 0.15) is 37.9 Å². The molecule has 4 aromatic rings. The third-order valence-corrected chi connectivity index (χ3v) is 7.85. The third-order valence-electron chi connectivity index (χ3n) is 6.87. The van der Waals surface area contributed by atoms with Crippen molar-refractivity contribution in [3.05, 3.63) is 115 Å². The number of aromatic nitrogens is 1. The zero-order valence-corrected chi connectivity index (χ0v) is 25.9. The van der Waals surface area contributed by atoms with Gasteiger partial charge in [-0.3, -0.25) is 9.36 Å². The molecule has 1 unspecified atom stereocenters. The summed E-state index contributed by atoms with van der Waals surface area (Å²) in [6.45, 7) is 6.77. The summed E-state index contributed by atoms with van der Waals surface area (Å²) < 4.78 is 30.3. The summed E-state index contributed by atoms with van der Waals surface area (Å²) >= 11 is 1.26. The lowest BCUT2D eigenvalue weighted by atomic mass is 9.96. The monoisotopic (exact) mass is 614 g/mol. The van der Waals surface area contributed by atoms with Crippen molar-refractivity contribution >= 4 is 23.4 Å². The second-order valence-corrected chi connectivity index (χ2v) is 10.7. The molecule has 5 rings (SSSR count). The molecule has 0 radical (unpaired) electrons. The Balaban J connectivity index is 1.47. The van der Waals surface area contributed by atoms with Gasteiger partial charge in [0, 0.05) is 0 Å². The lowest BCUT2D eigenvalue weighted by molar-refractivity contribution is -0.139. The first-order chi connectivity index (χ1) is 21.4. The van der Waals surface area contributed by atoms with Crippen molar-refractivity contribution < 1.29 is 28.5 Å². The fraction of sp³-hybridized carbons (Fsp3) is 0.265. The molecule has 0 saturated heterocycles. The van der Waals surface area contributed by atoms with Gasteiger partial charge in [-0.25, -0.2) is 9.79 Å². The van der Waals surface area contributed by atoms with Gasteiger partial charge in [0.05, 0.1) is 42.2 Å². The molecule has 9 nitrogen and oxygen atoms in total. The largest absolute Gasteiger partial charge is 0.497 e. The highest BCUT2D eigenvalue weighted by atomic mass is 32.1. The van der Waals surface area contributed by atoms with E-state index >= 15 is 0 Å². The Morgan fingerprint density at radius 1 is 0.909 bits per heavy atom. The molecule has 0 bridgehead atoms. The van der Waals surface area contributed by atoms with Crippen LogP contribution in [0.2, 0.25) is 0 Å². The van der Waals surface area contributed by atoms with Crippen LogP contribution >= 0.6 is 11.3 Å². The molecule has 1 aliphatic rings. The van der Waals surface area contributed by atoms with Gasteiger partial charge in [-0.2, -0.15) is 0 Å². The zero-order valence-electron chi connectivity index (χ0n) is 25.1. The van der Waals surface area contributed by atoms with E-state index in [1.165, 1.54) is 11.3 Å². The van der Waals surface area contributed by atoms with Gasteiger partial charge in [-0.15, -0.1) is 0 Å². The Morgan fingerprint density at radius 3 is 2.36 bits per heavy atom. The molecule has 228 valence electrons. The minimum atomic E-state index is -0.703.